The van der Waals surface area contributed by atoms with Gasteiger partial charge in [0.2, 0.25) is 0 Å². The number of hydrogen-bond donors (Lipinski definition) is 2. The highest BCUT2D eigenvalue weighted by atomic mass is 32.1. The standard InChI is InChI=1S/C11H16N2O2S/c1-8-7-16-10(12-8)13-11(6-9(14)15)4-2-3-5-11/h7H,2-6H2,1H3,(H,12,13)(H,14,15). The topological polar surface area (TPSA) is 62.2 Å². The van der Waals surface area contributed by atoms with Gasteiger partial charge in [0.05, 0.1) is 12.1 Å². The highest BCUT2D eigenvalue weighted by molar-refractivity contribution is 7.13. The number of aryl methyl sites for hydroxylation is 1. The molecule has 1 aromatic heterocycles. The second-order valence-electron chi connectivity index (χ2n) is 4.48. The van der Waals surface area contributed by atoms with Crippen molar-refractivity contribution in [3.8, 4) is 0 Å². The highest BCUT2D eigenvalue weighted by Crippen LogP contribution is 2.36. The zero-order chi connectivity index (χ0) is 11.6. The summed E-state index contributed by atoms with van der Waals surface area (Å²) in [7, 11) is 0. The maximum absolute atomic E-state index is 10.9. The minimum absolute atomic E-state index is 0.186. The van der Waals surface area contributed by atoms with E-state index in [0.29, 0.717) is 0 Å². The molecule has 88 valence electrons. The van der Waals surface area contributed by atoms with E-state index < -0.39 is 5.97 Å². The third kappa shape index (κ3) is 2.52. The van der Waals surface area contributed by atoms with Crippen LogP contribution in [0.25, 0.3) is 0 Å². The van der Waals surface area contributed by atoms with Crippen LogP contribution in [-0.4, -0.2) is 21.6 Å². The van der Waals surface area contributed by atoms with Gasteiger partial charge in [-0.05, 0) is 19.8 Å². The number of hydrogen-bond acceptors (Lipinski definition) is 4. The van der Waals surface area contributed by atoms with E-state index in [9.17, 15) is 4.79 Å². The van der Waals surface area contributed by atoms with Crippen LogP contribution in [0.2, 0.25) is 0 Å². The maximum atomic E-state index is 10.9. The van der Waals surface area contributed by atoms with E-state index in [2.05, 4.69) is 10.3 Å². The summed E-state index contributed by atoms with van der Waals surface area (Å²) in [5.74, 6) is -0.734. The van der Waals surface area contributed by atoms with Gasteiger partial charge >= 0.3 is 5.97 Å². The molecule has 1 aromatic rings. The number of aromatic nitrogens is 1. The lowest BCUT2D eigenvalue weighted by Gasteiger charge is -2.28. The fourth-order valence-corrected chi connectivity index (χ4v) is 3.13. The quantitative estimate of drug-likeness (QED) is 0.849. The van der Waals surface area contributed by atoms with Crippen molar-refractivity contribution in [2.45, 2.75) is 44.6 Å². The van der Waals surface area contributed by atoms with Crippen molar-refractivity contribution in [2.24, 2.45) is 0 Å². The minimum atomic E-state index is -0.734. The number of nitrogens with one attached hydrogen (secondary N) is 1. The molecule has 2 rings (SSSR count). The lowest BCUT2D eigenvalue weighted by atomic mass is 9.93. The fraction of sp³-hybridized carbons (Fsp3) is 0.636. The van der Waals surface area contributed by atoms with Gasteiger partial charge in [-0.3, -0.25) is 4.79 Å². The summed E-state index contributed by atoms with van der Waals surface area (Å²) in [6.45, 7) is 1.94. The Kier molecular flexibility index (Phi) is 3.14. The van der Waals surface area contributed by atoms with Crippen molar-refractivity contribution < 1.29 is 9.90 Å². The van der Waals surface area contributed by atoms with Gasteiger partial charge in [-0.15, -0.1) is 11.3 Å². The predicted octanol–water partition coefficient (Wildman–Crippen LogP) is 2.65. The van der Waals surface area contributed by atoms with Gasteiger partial charge in [0.25, 0.3) is 0 Å². The van der Waals surface area contributed by atoms with Crippen LogP contribution in [0.3, 0.4) is 0 Å². The molecule has 1 aliphatic rings. The Balaban J connectivity index is 2.10. The van der Waals surface area contributed by atoms with Gasteiger partial charge in [-0.2, -0.15) is 0 Å². The lowest BCUT2D eigenvalue weighted by molar-refractivity contribution is -0.138. The van der Waals surface area contributed by atoms with Crippen molar-refractivity contribution in [1.82, 2.24) is 4.98 Å². The number of carbonyl (C=O) groups is 1. The Morgan fingerprint density at radius 1 is 1.62 bits per heavy atom. The van der Waals surface area contributed by atoms with Crippen molar-refractivity contribution in [3.63, 3.8) is 0 Å². The smallest absolute Gasteiger partial charge is 0.305 e. The Labute approximate surface area is 98.7 Å². The summed E-state index contributed by atoms with van der Waals surface area (Å²) < 4.78 is 0. The number of anilines is 1. The highest BCUT2D eigenvalue weighted by Gasteiger charge is 2.36. The molecule has 2 N–H and O–H groups in total. The van der Waals surface area contributed by atoms with Gasteiger partial charge < -0.3 is 10.4 Å². The first-order chi connectivity index (χ1) is 7.60. The number of rotatable bonds is 4. The van der Waals surface area contributed by atoms with Crippen LogP contribution in [0.15, 0.2) is 5.38 Å². The SMILES string of the molecule is Cc1csc(NC2(CC(=O)O)CCCC2)n1. The molecule has 0 bridgehead atoms. The van der Waals surface area contributed by atoms with E-state index in [0.717, 1.165) is 36.5 Å². The van der Waals surface area contributed by atoms with Crippen LogP contribution in [0.1, 0.15) is 37.8 Å². The molecule has 0 aromatic carbocycles. The molecule has 16 heavy (non-hydrogen) atoms. The van der Waals surface area contributed by atoms with Crippen molar-refractivity contribution in [3.05, 3.63) is 11.1 Å². The van der Waals surface area contributed by atoms with E-state index in [-0.39, 0.29) is 12.0 Å². The molecule has 1 fully saturated rings. The summed E-state index contributed by atoms with van der Waals surface area (Å²) in [6, 6.07) is 0. The third-order valence-electron chi connectivity index (χ3n) is 3.04. The van der Waals surface area contributed by atoms with Crippen LogP contribution in [-0.2, 0) is 4.79 Å². The number of nitrogens with zero attached hydrogens (tertiary/aromatic N) is 1. The Morgan fingerprint density at radius 2 is 2.31 bits per heavy atom. The van der Waals surface area contributed by atoms with E-state index in [4.69, 9.17) is 5.11 Å². The zero-order valence-electron chi connectivity index (χ0n) is 9.32. The molecule has 0 atom stereocenters. The number of thiazole rings is 1. The number of carboxylic acid groups (broad SMARTS) is 1. The molecule has 1 heterocycles. The molecule has 0 unspecified atom stereocenters. The van der Waals surface area contributed by atoms with E-state index in [1.165, 1.54) is 0 Å². The van der Waals surface area contributed by atoms with Crippen molar-refractivity contribution in [2.75, 3.05) is 5.32 Å². The molecule has 0 aliphatic heterocycles. The van der Waals surface area contributed by atoms with E-state index >= 15 is 0 Å². The summed E-state index contributed by atoms with van der Waals surface area (Å²) in [5.41, 5.74) is 0.715. The van der Waals surface area contributed by atoms with Gasteiger partial charge in [0, 0.05) is 10.9 Å². The predicted molar refractivity (Wildman–Crippen MR) is 63.9 cm³/mol. The van der Waals surface area contributed by atoms with Crippen LogP contribution in [0, 0.1) is 6.92 Å². The Bertz CT molecular complexity index is 383. The molecular weight excluding hydrogens is 224 g/mol. The van der Waals surface area contributed by atoms with Gasteiger partial charge in [0.15, 0.2) is 5.13 Å². The van der Waals surface area contributed by atoms with E-state index in [1.54, 1.807) is 11.3 Å². The monoisotopic (exact) mass is 240 g/mol. The van der Waals surface area contributed by atoms with Crippen LogP contribution in [0.5, 0.6) is 0 Å². The Morgan fingerprint density at radius 3 is 2.81 bits per heavy atom. The third-order valence-corrected chi connectivity index (χ3v) is 3.92. The summed E-state index contributed by atoms with van der Waals surface area (Å²) in [4.78, 5) is 15.2. The van der Waals surface area contributed by atoms with E-state index in [1.807, 2.05) is 12.3 Å². The largest absolute Gasteiger partial charge is 0.481 e. The average molecular weight is 240 g/mol. The van der Waals surface area contributed by atoms with Gasteiger partial charge in [0.1, 0.15) is 0 Å². The molecule has 0 radical (unpaired) electrons. The Hall–Kier alpha value is -1.10. The second-order valence-corrected chi connectivity index (χ2v) is 5.34. The summed E-state index contributed by atoms with van der Waals surface area (Å²) in [5, 5.41) is 15.1. The fourth-order valence-electron chi connectivity index (χ4n) is 2.33. The molecule has 0 amide bonds. The minimum Gasteiger partial charge on any atom is -0.481 e. The van der Waals surface area contributed by atoms with Crippen molar-refractivity contribution in [1.29, 1.82) is 0 Å². The van der Waals surface area contributed by atoms with Crippen LogP contribution >= 0.6 is 11.3 Å². The maximum Gasteiger partial charge on any atom is 0.305 e. The first kappa shape index (κ1) is 11.4. The summed E-state index contributed by atoms with van der Waals surface area (Å²) >= 11 is 1.55. The molecule has 5 heteroatoms. The zero-order valence-corrected chi connectivity index (χ0v) is 10.1. The van der Waals surface area contributed by atoms with Crippen molar-refractivity contribution >= 4 is 22.4 Å². The first-order valence-corrected chi connectivity index (χ1v) is 6.40. The number of carboxylic acids is 1. The molecule has 1 saturated carbocycles. The van der Waals surface area contributed by atoms with Gasteiger partial charge in [-0.25, -0.2) is 4.98 Å². The molecule has 0 spiro atoms. The van der Waals surface area contributed by atoms with Crippen LogP contribution in [0.4, 0.5) is 5.13 Å². The van der Waals surface area contributed by atoms with Gasteiger partial charge in [-0.1, -0.05) is 12.8 Å². The summed E-state index contributed by atoms with van der Waals surface area (Å²) in [6.07, 6.45) is 4.25. The average Bonchev–Trinajstić information content (AvgIpc) is 2.76. The molecular formula is C11H16N2O2S. The van der Waals surface area contributed by atoms with Crippen LogP contribution < -0.4 is 5.32 Å². The molecule has 1 aliphatic carbocycles. The lowest BCUT2D eigenvalue weighted by Crippen LogP contribution is -2.37. The molecule has 4 nitrogen and oxygen atoms in total. The first-order valence-electron chi connectivity index (χ1n) is 5.52. The number of aliphatic carboxylic acids is 1. The normalized spacial score (nSPS) is 18.6. The molecule has 0 saturated heterocycles. The second kappa shape index (κ2) is 4.41.